The molecule has 0 fully saturated rings. The van der Waals surface area contributed by atoms with Crippen LogP contribution in [0.2, 0.25) is 5.02 Å². The number of halogens is 1. The number of rotatable bonds is 11. The lowest BCUT2D eigenvalue weighted by molar-refractivity contribution is -0.122. The number of anilines is 1. The van der Waals surface area contributed by atoms with Gasteiger partial charge in [0.15, 0.2) is 0 Å². The standard InChI is InChI=1S/C22H30ClN5O5S/c1-14(2)21(24)26-33-10-9-25-20(29)12-28-16(4)6-8-19(22(28)30)27-34(31,32)13-17-7-5-15(3)18(23)11-17/h5-8,11,26-27H,9-10,12-13,24H2,1-4H3,(H,25,29). The van der Waals surface area contributed by atoms with E-state index in [0.29, 0.717) is 22.1 Å². The molecule has 0 unspecified atom stereocenters. The molecule has 186 valence electrons. The van der Waals surface area contributed by atoms with E-state index in [2.05, 4.69) is 15.5 Å². The predicted octanol–water partition coefficient (Wildman–Crippen LogP) is 1.91. The summed E-state index contributed by atoms with van der Waals surface area (Å²) in [5, 5.41) is 3.08. The van der Waals surface area contributed by atoms with Gasteiger partial charge in [-0.1, -0.05) is 23.7 Å². The van der Waals surface area contributed by atoms with Crippen molar-refractivity contribution >= 4 is 33.2 Å². The minimum Gasteiger partial charge on any atom is -0.384 e. The lowest BCUT2D eigenvalue weighted by atomic mass is 10.2. The summed E-state index contributed by atoms with van der Waals surface area (Å²) < 4.78 is 28.7. The second-order valence-electron chi connectivity index (χ2n) is 7.94. The van der Waals surface area contributed by atoms with Gasteiger partial charge < -0.3 is 15.6 Å². The molecular formula is C22H30ClN5O5S. The Hall–Kier alpha value is -3.02. The van der Waals surface area contributed by atoms with Gasteiger partial charge in [0.05, 0.1) is 12.4 Å². The van der Waals surface area contributed by atoms with E-state index < -0.39 is 21.5 Å². The van der Waals surface area contributed by atoms with E-state index in [0.717, 1.165) is 11.1 Å². The second kappa shape index (κ2) is 11.9. The number of aromatic nitrogens is 1. The van der Waals surface area contributed by atoms with Crippen molar-refractivity contribution in [1.82, 2.24) is 15.4 Å². The van der Waals surface area contributed by atoms with Crippen molar-refractivity contribution in [1.29, 1.82) is 0 Å². The molecule has 0 spiro atoms. The maximum Gasteiger partial charge on any atom is 0.275 e. The van der Waals surface area contributed by atoms with Gasteiger partial charge in [0.25, 0.3) is 5.56 Å². The lowest BCUT2D eigenvalue weighted by Crippen LogP contribution is -2.36. The lowest BCUT2D eigenvalue weighted by Gasteiger charge is -2.14. The Labute approximate surface area is 204 Å². The number of sulfonamides is 1. The van der Waals surface area contributed by atoms with Gasteiger partial charge in [-0.15, -0.1) is 0 Å². The van der Waals surface area contributed by atoms with E-state index >= 15 is 0 Å². The highest BCUT2D eigenvalue weighted by Crippen LogP contribution is 2.19. The average molecular weight is 512 g/mol. The summed E-state index contributed by atoms with van der Waals surface area (Å²) in [7, 11) is -3.89. The minimum atomic E-state index is -3.89. The normalized spacial score (nSPS) is 11.1. The third-order valence-electron chi connectivity index (χ3n) is 4.80. The molecule has 0 aliphatic heterocycles. The maximum atomic E-state index is 12.9. The Morgan fingerprint density at radius 1 is 1.18 bits per heavy atom. The van der Waals surface area contributed by atoms with Crippen molar-refractivity contribution in [3.63, 3.8) is 0 Å². The van der Waals surface area contributed by atoms with Gasteiger partial charge in [0.2, 0.25) is 15.9 Å². The minimum absolute atomic E-state index is 0.149. The molecule has 1 heterocycles. The summed E-state index contributed by atoms with van der Waals surface area (Å²) in [6.07, 6.45) is 0. The third kappa shape index (κ3) is 8.08. The second-order valence-corrected chi connectivity index (χ2v) is 10.1. The van der Waals surface area contributed by atoms with Crippen molar-refractivity contribution in [2.45, 2.75) is 40.0 Å². The third-order valence-corrected chi connectivity index (χ3v) is 6.45. The fourth-order valence-electron chi connectivity index (χ4n) is 2.77. The fourth-order valence-corrected chi connectivity index (χ4v) is 4.15. The molecule has 0 saturated heterocycles. The van der Waals surface area contributed by atoms with Crippen LogP contribution in [0.4, 0.5) is 5.69 Å². The van der Waals surface area contributed by atoms with Gasteiger partial charge in [-0.2, -0.15) is 0 Å². The van der Waals surface area contributed by atoms with Gasteiger partial charge in [0, 0.05) is 17.3 Å². The fraction of sp³-hybridized carbons (Fsp3) is 0.364. The summed E-state index contributed by atoms with van der Waals surface area (Å²) in [4.78, 5) is 30.3. The number of hydrogen-bond donors (Lipinski definition) is 4. The first-order chi connectivity index (χ1) is 15.9. The Kier molecular flexibility index (Phi) is 9.54. The zero-order valence-electron chi connectivity index (χ0n) is 19.6. The van der Waals surface area contributed by atoms with Crippen molar-refractivity contribution in [3.8, 4) is 0 Å². The largest absolute Gasteiger partial charge is 0.384 e. The van der Waals surface area contributed by atoms with Crippen LogP contribution in [-0.4, -0.2) is 32.0 Å². The zero-order chi connectivity index (χ0) is 25.5. The molecule has 0 bridgehead atoms. The molecule has 12 heteroatoms. The van der Waals surface area contributed by atoms with Crippen molar-refractivity contribution in [3.05, 3.63) is 73.9 Å². The molecule has 1 amide bonds. The number of carbonyl (C=O) groups excluding carboxylic acids is 1. The van der Waals surface area contributed by atoms with Gasteiger partial charge in [-0.25, -0.2) is 8.42 Å². The number of allylic oxidation sites excluding steroid dienone is 1. The highest BCUT2D eigenvalue weighted by atomic mass is 35.5. The van der Waals surface area contributed by atoms with E-state index in [1.54, 1.807) is 31.2 Å². The summed E-state index contributed by atoms with van der Waals surface area (Å²) in [5.74, 6) is -0.400. The number of pyridine rings is 1. The number of nitrogens with zero attached hydrogens (tertiary/aromatic N) is 1. The molecule has 34 heavy (non-hydrogen) atoms. The number of nitrogens with two attached hydrogens (primary N) is 1. The number of hydrogen-bond acceptors (Lipinski definition) is 7. The van der Waals surface area contributed by atoms with E-state index in [9.17, 15) is 18.0 Å². The SMILES string of the molecule is CC(C)=C(N)NOCCNC(=O)Cn1c(C)ccc(NS(=O)(=O)Cc2ccc(C)c(Cl)c2)c1=O. The molecule has 0 aliphatic carbocycles. The van der Waals surface area contributed by atoms with Crippen LogP contribution in [0.1, 0.15) is 30.7 Å². The Morgan fingerprint density at radius 3 is 2.53 bits per heavy atom. The molecule has 1 aromatic heterocycles. The van der Waals surface area contributed by atoms with Gasteiger partial charge in [0.1, 0.15) is 18.1 Å². The number of hydroxylamine groups is 1. The Bertz CT molecular complexity index is 1240. The van der Waals surface area contributed by atoms with Crippen LogP contribution >= 0.6 is 11.6 Å². The van der Waals surface area contributed by atoms with Crippen LogP contribution in [0.3, 0.4) is 0 Å². The monoisotopic (exact) mass is 511 g/mol. The quantitative estimate of drug-likeness (QED) is 0.266. The van der Waals surface area contributed by atoms with Crippen molar-refractivity contribution in [2.24, 2.45) is 5.73 Å². The molecule has 2 aromatic rings. The van der Waals surface area contributed by atoms with Crippen LogP contribution in [-0.2, 0) is 32.0 Å². The van der Waals surface area contributed by atoms with Crippen LogP contribution in [0, 0.1) is 13.8 Å². The summed E-state index contributed by atoms with van der Waals surface area (Å²) >= 11 is 6.07. The number of aryl methyl sites for hydroxylation is 2. The van der Waals surface area contributed by atoms with E-state index in [1.165, 1.54) is 10.6 Å². The van der Waals surface area contributed by atoms with E-state index in [-0.39, 0.29) is 31.1 Å². The predicted molar refractivity (Wildman–Crippen MR) is 133 cm³/mol. The van der Waals surface area contributed by atoms with Gasteiger partial charge in [-0.3, -0.25) is 24.6 Å². The molecule has 10 nitrogen and oxygen atoms in total. The molecule has 1 aromatic carbocycles. The highest BCUT2D eigenvalue weighted by molar-refractivity contribution is 7.91. The number of benzene rings is 1. The van der Waals surface area contributed by atoms with Crippen molar-refractivity contribution in [2.75, 3.05) is 17.9 Å². The Morgan fingerprint density at radius 2 is 1.88 bits per heavy atom. The molecule has 0 atom stereocenters. The van der Waals surface area contributed by atoms with Crippen LogP contribution in [0.15, 0.2) is 46.5 Å². The summed E-state index contributed by atoms with van der Waals surface area (Å²) in [6.45, 7) is 7.15. The molecule has 2 rings (SSSR count). The first kappa shape index (κ1) is 27.2. The summed E-state index contributed by atoms with van der Waals surface area (Å²) in [6, 6.07) is 7.89. The number of nitrogens with one attached hydrogen (secondary N) is 3. The van der Waals surface area contributed by atoms with Gasteiger partial charge in [-0.05, 0) is 62.6 Å². The maximum absolute atomic E-state index is 12.9. The first-order valence-corrected chi connectivity index (χ1v) is 12.5. The van der Waals surface area contributed by atoms with E-state index in [4.69, 9.17) is 22.2 Å². The van der Waals surface area contributed by atoms with Crippen LogP contribution in [0.5, 0.6) is 0 Å². The smallest absolute Gasteiger partial charge is 0.275 e. The summed E-state index contributed by atoms with van der Waals surface area (Å²) in [5.41, 5.74) is 10.1. The molecule has 0 radical (unpaired) electrons. The molecule has 5 N–H and O–H groups in total. The van der Waals surface area contributed by atoms with Crippen molar-refractivity contribution < 1.29 is 18.0 Å². The number of amides is 1. The number of carbonyl (C=O) groups is 1. The molecule has 0 saturated carbocycles. The first-order valence-electron chi connectivity index (χ1n) is 10.4. The molecule has 0 aliphatic rings. The highest BCUT2D eigenvalue weighted by Gasteiger charge is 2.17. The molecular weight excluding hydrogens is 482 g/mol. The van der Waals surface area contributed by atoms with Crippen LogP contribution in [0.25, 0.3) is 0 Å². The zero-order valence-corrected chi connectivity index (χ0v) is 21.1. The Balaban J connectivity index is 2.02. The van der Waals surface area contributed by atoms with E-state index in [1.807, 2.05) is 20.8 Å². The average Bonchev–Trinajstić information content (AvgIpc) is 2.75. The van der Waals surface area contributed by atoms with Gasteiger partial charge >= 0.3 is 0 Å². The van der Waals surface area contributed by atoms with Crippen LogP contribution < -0.4 is 26.8 Å². The topological polar surface area (TPSA) is 145 Å².